The highest BCUT2D eigenvalue weighted by molar-refractivity contribution is 5.80. The Morgan fingerprint density at radius 1 is 1.32 bits per heavy atom. The van der Waals surface area contributed by atoms with Gasteiger partial charge in [0.05, 0.1) is 23.8 Å². The fourth-order valence-corrected chi connectivity index (χ4v) is 4.39. The van der Waals surface area contributed by atoms with Crippen LogP contribution in [0.1, 0.15) is 44.4 Å². The second kappa shape index (κ2) is 8.53. The summed E-state index contributed by atoms with van der Waals surface area (Å²) in [6, 6.07) is 5.91. The SMILES string of the molecule is CCCc1nn(C)c2c(=O)[nH]c(-c3cc(CC4CC(C(=O)O)C4)ccc3OCC)nc12. The van der Waals surface area contributed by atoms with E-state index in [1.165, 1.54) is 0 Å². The van der Waals surface area contributed by atoms with Crippen molar-refractivity contribution in [3.05, 3.63) is 39.8 Å². The molecule has 0 bridgehead atoms. The first-order chi connectivity index (χ1) is 14.9. The molecule has 1 fully saturated rings. The summed E-state index contributed by atoms with van der Waals surface area (Å²) in [7, 11) is 1.76. The Morgan fingerprint density at radius 2 is 2.10 bits per heavy atom. The maximum absolute atomic E-state index is 12.8. The summed E-state index contributed by atoms with van der Waals surface area (Å²) in [5.74, 6) is 0.543. The van der Waals surface area contributed by atoms with Crippen molar-refractivity contribution < 1.29 is 14.6 Å². The molecule has 1 aliphatic rings. The molecule has 8 nitrogen and oxygen atoms in total. The standard InChI is InChI=1S/C23H28N4O4/c1-4-6-17-19-20(27(3)26-17)22(28)25-21(24-19)16-12-13(7-8-18(16)31-5-2)9-14-10-15(11-14)23(29)30/h7-8,12,14-15H,4-6,9-11H2,1-3H3,(H,29,30)(H,24,25,28). The molecular weight excluding hydrogens is 396 g/mol. The van der Waals surface area contributed by atoms with Gasteiger partial charge in [-0.1, -0.05) is 19.4 Å². The van der Waals surface area contributed by atoms with E-state index in [0.29, 0.717) is 48.0 Å². The Labute approximate surface area is 180 Å². The van der Waals surface area contributed by atoms with E-state index in [1.54, 1.807) is 11.7 Å². The molecule has 8 heteroatoms. The van der Waals surface area contributed by atoms with E-state index in [0.717, 1.165) is 36.1 Å². The van der Waals surface area contributed by atoms with Crippen LogP contribution in [0, 0.1) is 11.8 Å². The number of aromatic amines is 1. The molecule has 2 N–H and O–H groups in total. The van der Waals surface area contributed by atoms with E-state index >= 15 is 0 Å². The number of carbonyl (C=O) groups is 1. The Kier molecular flexibility index (Phi) is 5.80. The summed E-state index contributed by atoms with van der Waals surface area (Å²) < 4.78 is 7.40. The number of hydrogen-bond donors (Lipinski definition) is 2. The Hall–Kier alpha value is -3.16. The minimum Gasteiger partial charge on any atom is -0.493 e. The fourth-order valence-electron chi connectivity index (χ4n) is 4.39. The second-order valence-corrected chi connectivity index (χ2v) is 8.27. The van der Waals surface area contributed by atoms with Crippen LogP contribution in [0.2, 0.25) is 0 Å². The van der Waals surface area contributed by atoms with Gasteiger partial charge in [0.1, 0.15) is 17.1 Å². The van der Waals surface area contributed by atoms with Crippen LogP contribution in [-0.2, 0) is 24.7 Å². The molecule has 0 saturated heterocycles. The molecule has 3 aromatic rings. The van der Waals surface area contributed by atoms with Crippen molar-refractivity contribution in [2.24, 2.45) is 18.9 Å². The fraction of sp³-hybridized carbons (Fsp3) is 0.478. The quantitative estimate of drug-likeness (QED) is 0.574. The number of rotatable bonds is 8. The van der Waals surface area contributed by atoms with Crippen LogP contribution in [0.25, 0.3) is 22.4 Å². The zero-order valence-electron chi connectivity index (χ0n) is 18.1. The van der Waals surface area contributed by atoms with Gasteiger partial charge in [0.15, 0.2) is 5.52 Å². The first-order valence-electron chi connectivity index (χ1n) is 10.9. The average molecular weight is 425 g/mol. The van der Waals surface area contributed by atoms with Crippen LogP contribution in [0.4, 0.5) is 0 Å². The van der Waals surface area contributed by atoms with Gasteiger partial charge in [0.25, 0.3) is 5.56 Å². The molecule has 4 rings (SSSR count). The predicted octanol–water partition coefficient (Wildman–Crippen LogP) is 3.33. The Morgan fingerprint density at radius 3 is 2.77 bits per heavy atom. The summed E-state index contributed by atoms with van der Waals surface area (Å²) in [6.07, 6.45) is 3.86. The molecule has 0 spiro atoms. The van der Waals surface area contributed by atoms with Gasteiger partial charge in [-0.15, -0.1) is 0 Å². The lowest BCUT2D eigenvalue weighted by Crippen LogP contribution is -2.31. The van der Waals surface area contributed by atoms with Crippen LogP contribution in [-0.4, -0.2) is 37.4 Å². The van der Waals surface area contributed by atoms with Crippen molar-refractivity contribution >= 4 is 17.0 Å². The summed E-state index contributed by atoms with van der Waals surface area (Å²) in [5.41, 5.74) is 3.49. The topological polar surface area (TPSA) is 110 Å². The minimum atomic E-state index is -0.710. The molecule has 1 aromatic carbocycles. The molecule has 0 unspecified atom stereocenters. The van der Waals surface area contributed by atoms with Crippen molar-refractivity contribution in [3.8, 4) is 17.1 Å². The zero-order chi connectivity index (χ0) is 22.1. The van der Waals surface area contributed by atoms with Crippen LogP contribution in [0.15, 0.2) is 23.0 Å². The molecule has 0 atom stereocenters. The predicted molar refractivity (Wildman–Crippen MR) is 117 cm³/mol. The highest BCUT2D eigenvalue weighted by atomic mass is 16.5. The first kappa shape index (κ1) is 21.1. The van der Waals surface area contributed by atoms with E-state index in [-0.39, 0.29) is 11.5 Å². The minimum absolute atomic E-state index is 0.227. The summed E-state index contributed by atoms with van der Waals surface area (Å²) in [4.78, 5) is 31.6. The normalized spacial score (nSPS) is 18.2. The molecular formula is C23H28N4O4. The van der Waals surface area contributed by atoms with E-state index < -0.39 is 5.97 Å². The number of carboxylic acids is 1. The molecule has 2 heterocycles. The maximum atomic E-state index is 12.8. The Balaban J connectivity index is 1.73. The lowest BCUT2D eigenvalue weighted by Gasteiger charge is -2.32. The van der Waals surface area contributed by atoms with Crippen molar-refractivity contribution in [2.75, 3.05) is 6.61 Å². The van der Waals surface area contributed by atoms with E-state index in [2.05, 4.69) is 17.0 Å². The largest absolute Gasteiger partial charge is 0.493 e. The average Bonchev–Trinajstić information content (AvgIpc) is 3.01. The highest BCUT2D eigenvalue weighted by Gasteiger charge is 2.34. The highest BCUT2D eigenvalue weighted by Crippen LogP contribution is 2.38. The van der Waals surface area contributed by atoms with Gasteiger partial charge < -0.3 is 14.8 Å². The van der Waals surface area contributed by atoms with Gasteiger partial charge in [0, 0.05) is 7.05 Å². The van der Waals surface area contributed by atoms with E-state index in [4.69, 9.17) is 14.8 Å². The van der Waals surface area contributed by atoms with Gasteiger partial charge in [0.2, 0.25) is 0 Å². The molecule has 2 aromatic heterocycles. The van der Waals surface area contributed by atoms with Gasteiger partial charge in [-0.05, 0) is 56.2 Å². The number of benzene rings is 1. The van der Waals surface area contributed by atoms with Crippen LogP contribution >= 0.6 is 0 Å². The van der Waals surface area contributed by atoms with Crippen molar-refractivity contribution in [1.29, 1.82) is 0 Å². The van der Waals surface area contributed by atoms with Gasteiger partial charge in [-0.25, -0.2) is 4.98 Å². The van der Waals surface area contributed by atoms with Crippen molar-refractivity contribution in [3.63, 3.8) is 0 Å². The third-order valence-electron chi connectivity index (χ3n) is 5.96. The number of ether oxygens (including phenoxy) is 1. The number of H-pyrrole nitrogens is 1. The third kappa shape index (κ3) is 4.06. The summed E-state index contributed by atoms with van der Waals surface area (Å²) in [5, 5.41) is 13.6. The molecule has 31 heavy (non-hydrogen) atoms. The second-order valence-electron chi connectivity index (χ2n) is 8.27. The number of carboxylic acid groups (broad SMARTS) is 1. The smallest absolute Gasteiger partial charge is 0.306 e. The third-order valence-corrected chi connectivity index (χ3v) is 5.96. The molecule has 0 aliphatic heterocycles. The van der Waals surface area contributed by atoms with Crippen LogP contribution in [0.5, 0.6) is 5.75 Å². The summed E-state index contributed by atoms with van der Waals surface area (Å²) in [6.45, 7) is 4.48. The lowest BCUT2D eigenvalue weighted by atomic mass is 9.72. The number of fused-ring (bicyclic) bond motifs is 1. The molecule has 1 aliphatic carbocycles. The van der Waals surface area contributed by atoms with Crippen molar-refractivity contribution in [1.82, 2.24) is 19.7 Å². The van der Waals surface area contributed by atoms with E-state index in [9.17, 15) is 9.59 Å². The molecule has 0 radical (unpaired) electrons. The molecule has 164 valence electrons. The molecule has 1 saturated carbocycles. The monoisotopic (exact) mass is 424 g/mol. The van der Waals surface area contributed by atoms with Crippen LogP contribution in [0.3, 0.4) is 0 Å². The number of aliphatic carboxylic acids is 1. The lowest BCUT2D eigenvalue weighted by molar-refractivity contribution is -0.146. The summed E-state index contributed by atoms with van der Waals surface area (Å²) >= 11 is 0. The van der Waals surface area contributed by atoms with Crippen LogP contribution < -0.4 is 10.3 Å². The van der Waals surface area contributed by atoms with Gasteiger partial charge >= 0.3 is 5.97 Å². The maximum Gasteiger partial charge on any atom is 0.306 e. The van der Waals surface area contributed by atoms with Gasteiger partial charge in [-0.2, -0.15) is 5.10 Å². The number of hydrogen-bond acceptors (Lipinski definition) is 5. The van der Waals surface area contributed by atoms with Crippen molar-refractivity contribution in [2.45, 2.75) is 46.0 Å². The number of nitrogens with one attached hydrogen (secondary N) is 1. The number of aromatic nitrogens is 4. The zero-order valence-corrected chi connectivity index (χ0v) is 18.1. The van der Waals surface area contributed by atoms with E-state index in [1.807, 2.05) is 25.1 Å². The number of nitrogens with zero attached hydrogens (tertiary/aromatic N) is 3. The van der Waals surface area contributed by atoms with Gasteiger partial charge in [-0.3, -0.25) is 14.3 Å². The molecule has 0 amide bonds. The Bertz CT molecular complexity index is 1170. The number of aryl methyl sites for hydroxylation is 2. The first-order valence-corrected chi connectivity index (χ1v) is 10.9.